The van der Waals surface area contributed by atoms with E-state index in [2.05, 4.69) is 32.5 Å². The molecule has 0 saturated heterocycles. The summed E-state index contributed by atoms with van der Waals surface area (Å²) in [7, 11) is 0. The third-order valence-corrected chi connectivity index (χ3v) is 3.88. The average molecular weight is 401 g/mol. The molecule has 0 bridgehead atoms. The molecule has 2 N–H and O–H groups in total. The second-order valence-electron chi connectivity index (χ2n) is 4.25. The number of nitrogens with one attached hydrogen (secondary N) is 1. The van der Waals surface area contributed by atoms with Gasteiger partial charge in [0, 0.05) is 17.2 Å². The van der Waals surface area contributed by atoms with E-state index in [1.54, 1.807) is 24.3 Å². The number of aliphatic imine (C=N–C) groups is 1. The highest BCUT2D eigenvalue weighted by Gasteiger charge is 2.10. The highest BCUT2D eigenvalue weighted by Crippen LogP contribution is 2.28. The molecule has 8 heteroatoms. The van der Waals surface area contributed by atoms with Crippen LogP contribution in [-0.4, -0.2) is 20.9 Å². The highest BCUT2D eigenvalue weighted by atomic mass is 79.9. The summed E-state index contributed by atoms with van der Waals surface area (Å²) in [4.78, 5) is 18.5. The molecule has 0 radical (unpaired) electrons. The van der Waals surface area contributed by atoms with Crippen molar-refractivity contribution in [2.45, 2.75) is 6.54 Å². The van der Waals surface area contributed by atoms with E-state index in [1.165, 1.54) is 10.8 Å². The van der Waals surface area contributed by atoms with Crippen LogP contribution in [0.25, 0.3) is 0 Å². The predicted molar refractivity (Wildman–Crippen MR) is 94.2 cm³/mol. The van der Waals surface area contributed by atoms with E-state index in [-0.39, 0.29) is 22.8 Å². The number of rotatable bonds is 4. The van der Waals surface area contributed by atoms with Gasteiger partial charge in [-0.1, -0.05) is 33.6 Å². The predicted octanol–water partition coefficient (Wildman–Crippen LogP) is 3.96. The molecule has 1 heterocycles. The van der Waals surface area contributed by atoms with Crippen molar-refractivity contribution in [1.29, 1.82) is 0 Å². The van der Waals surface area contributed by atoms with Crippen molar-refractivity contribution in [2.75, 3.05) is 0 Å². The van der Waals surface area contributed by atoms with Gasteiger partial charge in [-0.15, -0.1) is 6.58 Å². The van der Waals surface area contributed by atoms with Crippen molar-refractivity contribution in [3.05, 3.63) is 61.0 Å². The molecule has 0 spiro atoms. The zero-order valence-electron chi connectivity index (χ0n) is 11.2. The van der Waals surface area contributed by atoms with Crippen molar-refractivity contribution in [3.63, 3.8) is 0 Å². The van der Waals surface area contributed by atoms with Crippen LogP contribution in [0.3, 0.4) is 0 Å². The number of H-pyrrole nitrogens is 1. The number of aromatic hydroxyl groups is 1. The Kier molecular flexibility index (Phi) is 5.33. The summed E-state index contributed by atoms with van der Waals surface area (Å²) in [6.07, 6.45) is 2.80. The van der Waals surface area contributed by atoms with Gasteiger partial charge in [0.1, 0.15) is 5.56 Å². The molecule has 1 aromatic carbocycles. The van der Waals surface area contributed by atoms with Crippen LogP contribution in [0.4, 0.5) is 5.69 Å². The molecule has 0 amide bonds. The van der Waals surface area contributed by atoms with Gasteiger partial charge < -0.3 is 5.11 Å². The Morgan fingerprint density at radius 2 is 2.27 bits per heavy atom. The van der Waals surface area contributed by atoms with Crippen molar-refractivity contribution >= 4 is 51.7 Å². The maximum Gasteiger partial charge on any atom is 0.264 e. The quantitative estimate of drug-likeness (QED) is 0.463. The summed E-state index contributed by atoms with van der Waals surface area (Å²) in [6, 6.07) is 5.14. The molecule has 0 aliphatic carbocycles. The molecular weight excluding hydrogens is 390 g/mol. The molecule has 0 saturated carbocycles. The highest BCUT2D eigenvalue weighted by molar-refractivity contribution is 9.10. The second kappa shape index (κ2) is 7.04. The lowest BCUT2D eigenvalue weighted by atomic mass is 10.3. The Morgan fingerprint density at radius 3 is 2.91 bits per heavy atom. The number of halogens is 2. The lowest BCUT2D eigenvalue weighted by Crippen LogP contribution is -2.18. The summed E-state index contributed by atoms with van der Waals surface area (Å²) < 4.78 is 2.27. The summed E-state index contributed by atoms with van der Waals surface area (Å²) in [6.45, 7) is 3.84. The van der Waals surface area contributed by atoms with Crippen LogP contribution in [0.1, 0.15) is 5.56 Å². The fourth-order valence-corrected chi connectivity index (χ4v) is 2.69. The molecule has 22 heavy (non-hydrogen) atoms. The SMILES string of the molecule is C=CCn1c(O)c(C=Nc2ccc(Br)cc2Cl)c(=O)[nH]c1=S. The third-order valence-electron chi connectivity index (χ3n) is 2.76. The summed E-state index contributed by atoms with van der Waals surface area (Å²) in [5, 5.41) is 10.6. The largest absolute Gasteiger partial charge is 0.494 e. The van der Waals surface area contributed by atoms with Crippen LogP contribution < -0.4 is 5.56 Å². The van der Waals surface area contributed by atoms with Gasteiger partial charge in [0.15, 0.2) is 4.77 Å². The first-order valence-electron chi connectivity index (χ1n) is 6.10. The van der Waals surface area contributed by atoms with Gasteiger partial charge in [0.25, 0.3) is 5.56 Å². The van der Waals surface area contributed by atoms with Gasteiger partial charge in [0.2, 0.25) is 5.88 Å². The van der Waals surface area contributed by atoms with Crippen LogP contribution in [0.15, 0.2) is 45.1 Å². The number of benzene rings is 1. The first-order valence-corrected chi connectivity index (χ1v) is 7.68. The number of hydrogen-bond acceptors (Lipinski definition) is 4. The zero-order chi connectivity index (χ0) is 16.3. The molecule has 2 aromatic rings. The van der Waals surface area contributed by atoms with Crippen molar-refractivity contribution in [2.24, 2.45) is 4.99 Å². The van der Waals surface area contributed by atoms with Crippen LogP contribution in [0.5, 0.6) is 5.88 Å². The molecule has 0 fully saturated rings. The van der Waals surface area contributed by atoms with Gasteiger partial charge in [-0.05, 0) is 30.4 Å². The summed E-state index contributed by atoms with van der Waals surface area (Å²) in [5.74, 6) is -0.273. The Hall–Kier alpha value is -1.70. The second-order valence-corrected chi connectivity index (χ2v) is 5.96. The molecule has 0 aliphatic rings. The molecular formula is C14H11BrClN3O2S. The Balaban J connectivity index is 2.51. The van der Waals surface area contributed by atoms with E-state index in [0.717, 1.165) is 4.47 Å². The van der Waals surface area contributed by atoms with Gasteiger partial charge in [-0.25, -0.2) is 0 Å². The van der Waals surface area contributed by atoms with E-state index < -0.39 is 5.56 Å². The number of aromatic nitrogens is 2. The topological polar surface area (TPSA) is 70.4 Å². The van der Waals surface area contributed by atoms with Crippen LogP contribution >= 0.6 is 39.7 Å². The normalized spacial score (nSPS) is 11.0. The van der Waals surface area contributed by atoms with Crippen molar-refractivity contribution in [1.82, 2.24) is 9.55 Å². The fourth-order valence-electron chi connectivity index (χ4n) is 1.71. The molecule has 2 rings (SSSR count). The van der Waals surface area contributed by atoms with Crippen molar-refractivity contribution in [3.8, 4) is 5.88 Å². The minimum atomic E-state index is -0.528. The van der Waals surface area contributed by atoms with Gasteiger partial charge >= 0.3 is 0 Å². The van der Waals surface area contributed by atoms with Crippen LogP contribution in [0.2, 0.25) is 5.02 Å². The monoisotopic (exact) mass is 399 g/mol. The van der Waals surface area contributed by atoms with Crippen LogP contribution in [-0.2, 0) is 6.54 Å². The summed E-state index contributed by atoms with van der Waals surface area (Å²) >= 11 is 14.3. The Bertz CT molecular complexity index is 873. The first-order chi connectivity index (χ1) is 10.4. The maximum atomic E-state index is 11.9. The minimum absolute atomic E-state index is 0.00515. The average Bonchev–Trinajstić information content (AvgIpc) is 2.45. The van der Waals surface area contributed by atoms with E-state index in [9.17, 15) is 9.90 Å². The molecule has 0 atom stereocenters. The molecule has 0 unspecified atom stereocenters. The molecule has 5 nitrogen and oxygen atoms in total. The summed E-state index contributed by atoms with van der Waals surface area (Å²) in [5.41, 5.74) is -0.0596. The van der Waals surface area contributed by atoms with Crippen LogP contribution in [0, 0.1) is 4.77 Å². The zero-order valence-corrected chi connectivity index (χ0v) is 14.4. The number of hydrogen-bond donors (Lipinski definition) is 2. The Labute approximate surface area is 144 Å². The van der Waals surface area contributed by atoms with Gasteiger partial charge in [0.05, 0.1) is 10.7 Å². The van der Waals surface area contributed by atoms with E-state index in [1.807, 2.05) is 0 Å². The number of nitrogens with zero attached hydrogens (tertiary/aromatic N) is 2. The number of aromatic amines is 1. The lowest BCUT2D eigenvalue weighted by molar-refractivity contribution is 0.413. The Morgan fingerprint density at radius 1 is 1.55 bits per heavy atom. The third kappa shape index (κ3) is 3.55. The number of allylic oxidation sites excluding steroid dienone is 1. The first kappa shape index (κ1) is 16.7. The van der Waals surface area contributed by atoms with Crippen molar-refractivity contribution < 1.29 is 5.11 Å². The van der Waals surface area contributed by atoms with E-state index in [4.69, 9.17) is 23.8 Å². The minimum Gasteiger partial charge on any atom is -0.494 e. The maximum absolute atomic E-state index is 11.9. The molecule has 114 valence electrons. The lowest BCUT2D eigenvalue weighted by Gasteiger charge is -2.08. The fraction of sp³-hybridized carbons (Fsp3) is 0.0714. The smallest absolute Gasteiger partial charge is 0.264 e. The van der Waals surface area contributed by atoms with Gasteiger partial charge in [-0.2, -0.15) is 0 Å². The van der Waals surface area contributed by atoms with Gasteiger partial charge in [-0.3, -0.25) is 19.3 Å². The van der Waals surface area contributed by atoms with E-state index in [0.29, 0.717) is 10.7 Å². The molecule has 1 aromatic heterocycles. The molecule has 0 aliphatic heterocycles. The standard InChI is InChI=1S/C14H11BrClN3O2S/c1-2-5-19-13(21)9(12(20)18-14(19)22)7-17-11-4-3-8(15)6-10(11)16/h2-4,6-7,21H,1,5H2,(H,18,20,22). The van der Waals surface area contributed by atoms with E-state index >= 15 is 0 Å².